The van der Waals surface area contributed by atoms with Gasteiger partial charge in [0.25, 0.3) is 0 Å². The SMILES string of the molecule is [Si]c1ccc(Cl)c(-c2ccccc2)c1Cl. The Morgan fingerprint density at radius 2 is 1.53 bits per heavy atom. The zero-order valence-electron chi connectivity index (χ0n) is 7.80. The number of hydrogen-bond donors (Lipinski definition) is 0. The Morgan fingerprint density at radius 3 is 2.20 bits per heavy atom. The van der Waals surface area contributed by atoms with Gasteiger partial charge >= 0.3 is 0 Å². The zero-order valence-corrected chi connectivity index (χ0v) is 10.3. The molecule has 15 heavy (non-hydrogen) atoms. The van der Waals surface area contributed by atoms with E-state index in [0.29, 0.717) is 10.0 Å². The maximum Gasteiger partial charge on any atom is 0.0733 e. The van der Waals surface area contributed by atoms with Gasteiger partial charge in [0.15, 0.2) is 0 Å². The van der Waals surface area contributed by atoms with Gasteiger partial charge in [-0.05, 0) is 16.8 Å². The Labute approximate surface area is 102 Å². The lowest BCUT2D eigenvalue weighted by atomic mass is 10.1. The van der Waals surface area contributed by atoms with E-state index >= 15 is 0 Å². The second-order valence-corrected chi connectivity index (χ2v) is 4.47. The van der Waals surface area contributed by atoms with Gasteiger partial charge in [-0.1, -0.05) is 59.6 Å². The summed E-state index contributed by atoms with van der Waals surface area (Å²) in [6, 6.07) is 13.5. The van der Waals surface area contributed by atoms with Crippen molar-refractivity contribution in [1.82, 2.24) is 0 Å². The van der Waals surface area contributed by atoms with Crippen molar-refractivity contribution in [1.29, 1.82) is 0 Å². The summed E-state index contributed by atoms with van der Waals surface area (Å²) < 4.78 is 0. The second kappa shape index (κ2) is 4.39. The highest BCUT2D eigenvalue weighted by Gasteiger charge is 2.09. The van der Waals surface area contributed by atoms with E-state index in [4.69, 9.17) is 23.2 Å². The molecule has 0 saturated carbocycles. The molecular formula is C12H7Cl2Si. The maximum atomic E-state index is 6.20. The van der Waals surface area contributed by atoms with Crippen LogP contribution in [0.2, 0.25) is 10.0 Å². The van der Waals surface area contributed by atoms with Crippen LogP contribution in [0.1, 0.15) is 0 Å². The molecule has 2 aromatic rings. The van der Waals surface area contributed by atoms with Crippen molar-refractivity contribution in [2.75, 3.05) is 0 Å². The topological polar surface area (TPSA) is 0 Å². The third-order valence-corrected chi connectivity index (χ3v) is 3.44. The first kappa shape index (κ1) is 10.7. The molecule has 0 N–H and O–H groups in total. The van der Waals surface area contributed by atoms with E-state index < -0.39 is 0 Å². The molecule has 0 nitrogen and oxygen atoms in total. The number of halogens is 2. The average molecular weight is 250 g/mol. The summed E-state index contributed by atoms with van der Waals surface area (Å²) in [4.78, 5) is 0. The fourth-order valence-corrected chi connectivity index (χ4v) is 2.22. The summed E-state index contributed by atoms with van der Waals surface area (Å²) in [5.41, 5.74) is 1.89. The van der Waals surface area contributed by atoms with Gasteiger partial charge in [-0.2, -0.15) is 0 Å². The lowest BCUT2D eigenvalue weighted by molar-refractivity contribution is 1.64. The summed E-state index contributed by atoms with van der Waals surface area (Å²) in [6.45, 7) is 0. The minimum Gasteiger partial charge on any atom is -0.0838 e. The van der Waals surface area contributed by atoms with Gasteiger partial charge < -0.3 is 0 Å². The molecule has 0 spiro atoms. The van der Waals surface area contributed by atoms with Gasteiger partial charge in [-0.15, -0.1) is 0 Å². The van der Waals surface area contributed by atoms with Gasteiger partial charge in [0.2, 0.25) is 0 Å². The molecule has 0 aromatic heterocycles. The standard InChI is InChI=1S/C12H7Cl2Si/c13-9-6-7-10(15)12(14)11(9)8-4-2-1-3-5-8/h1-7H. The maximum absolute atomic E-state index is 6.20. The van der Waals surface area contributed by atoms with E-state index in [1.54, 1.807) is 0 Å². The van der Waals surface area contributed by atoms with Crippen molar-refractivity contribution in [2.45, 2.75) is 0 Å². The monoisotopic (exact) mass is 249 g/mol. The lowest BCUT2D eigenvalue weighted by Gasteiger charge is -2.09. The number of rotatable bonds is 1. The highest BCUT2D eigenvalue weighted by atomic mass is 35.5. The minimum absolute atomic E-state index is 0.644. The van der Waals surface area contributed by atoms with Crippen LogP contribution in [0.5, 0.6) is 0 Å². The van der Waals surface area contributed by atoms with Crippen LogP contribution < -0.4 is 5.19 Å². The fraction of sp³-hybridized carbons (Fsp3) is 0. The van der Waals surface area contributed by atoms with Crippen LogP contribution in [-0.4, -0.2) is 10.2 Å². The van der Waals surface area contributed by atoms with Crippen LogP contribution in [0.3, 0.4) is 0 Å². The molecule has 73 valence electrons. The highest BCUT2D eigenvalue weighted by molar-refractivity contribution is 6.48. The normalized spacial score (nSPS) is 10.3. The van der Waals surface area contributed by atoms with Gasteiger partial charge in [-0.3, -0.25) is 0 Å². The predicted molar refractivity (Wildman–Crippen MR) is 67.3 cm³/mol. The van der Waals surface area contributed by atoms with Crippen LogP contribution in [0, 0.1) is 0 Å². The van der Waals surface area contributed by atoms with Crippen LogP contribution in [-0.2, 0) is 0 Å². The van der Waals surface area contributed by atoms with E-state index in [1.807, 2.05) is 42.5 Å². The Bertz CT molecular complexity index is 480. The Hall–Kier alpha value is -0.763. The van der Waals surface area contributed by atoms with Crippen LogP contribution in [0.4, 0.5) is 0 Å². The van der Waals surface area contributed by atoms with Crippen LogP contribution >= 0.6 is 23.2 Å². The fourth-order valence-electron chi connectivity index (χ4n) is 1.42. The quantitative estimate of drug-likeness (QED) is 0.680. The van der Waals surface area contributed by atoms with Crippen molar-refractivity contribution in [2.24, 2.45) is 0 Å². The van der Waals surface area contributed by atoms with Crippen molar-refractivity contribution < 1.29 is 0 Å². The molecule has 3 radical (unpaired) electrons. The molecular weight excluding hydrogens is 243 g/mol. The highest BCUT2D eigenvalue weighted by Crippen LogP contribution is 2.32. The third-order valence-electron chi connectivity index (χ3n) is 2.15. The first-order valence-electron chi connectivity index (χ1n) is 4.45. The average Bonchev–Trinajstić information content (AvgIpc) is 2.26. The summed E-state index contributed by atoms with van der Waals surface area (Å²) in [7, 11) is 3.44. The molecule has 0 bridgehead atoms. The lowest BCUT2D eigenvalue weighted by Crippen LogP contribution is -2.04. The van der Waals surface area contributed by atoms with E-state index in [2.05, 4.69) is 10.2 Å². The van der Waals surface area contributed by atoms with E-state index in [0.717, 1.165) is 16.3 Å². The largest absolute Gasteiger partial charge is 0.0838 e. The van der Waals surface area contributed by atoms with Gasteiger partial charge in [0.1, 0.15) is 0 Å². The van der Waals surface area contributed by atoms with Gasteiger partial charge in [-0.25, -0.2) is 0 Å². The molecule has 0 heterocycles. The molecule has 0 saturated heterocycles. The third kappa shape index (κ3) is 2.10. The number of hydrogen-bond acceptors (Lipinski definition) is 0. The van der Waals surface area contributed by atoms with Crippen molar-refractivity contribution in [3.63, 3.8) is 0 Å². The van der Waals surface area contributed by atoms with E-state index in [1.165, 1.54) is 0 Å². The second-order valence-electron chi connectivity index (χ2n) is 3.15. The van der Waals surface area contributed by atoms with Crippen molar-refractivity contribution >= 4 is 38.6 Å². The molecule has 3 heteroatoms. The molecule has 2 rings (SSSR count). The minimum atomic E-state index is 0.644. The number of benzene rings is 2. The van der Waals surface area contributed by atoms with E-state index in [-0.39, 0.29) is 0 Å². The van der Waals surface area contributed by atoms with Gasteiger partial charge in [0.05, 0.1) is 10.2 Å². The van der Waals surface area contributed by atoms with Crippen LogP contribution in [0.25, 0.3) is 11.1 Å². The molecule has 0 aliphatic carbocycles. The smallest absolute Gasteiger partial charge is 0.0733 e. The molecule has 0 atom stereocenters. The van der Waals surface area contributed by atoms with Gasteiger partial charge in [0, 0.05) is 15.6 Å². The molecule has 2 aromatic carbocycles. The Morgan fingerprint density at radius 1 is 0.867 bits per heavy atom. The Balaban J connectivity index is 2.68. The summed E-state index contributed by atoms with van der Waals surface area (Å²) in [5, 5.41) is 2.15. The summed E-state index contributed by atoms with van der Waals surface area (Å²) >= 11 is 12.3. The predicted octanol–water partition coefficient (Wildman–Crippen LogP) is 3.45. The Kier molecular flexibility index (Phi) is 3.15. The summed E-state index contributed by atoms with van der Waals surface area (Å²) in [5.74, 6) is 0. The first-order valence-corrected chi connectivity index (χ1v) is 5.71. The molecule has 0 aliphatic rings. The molecule has 0 fully saturated rings. The first-order chi connectivity index (χ1) is 7.20. The van der Waals surface area contributed by atoms with Crippen molar-refractivity contribution in [3.05, 3.63) is 52.5 Å². The van der Waals surface area contributed by atoms with Crippen molar-refractivity contribution in [3.8, 4) is 11.1 Å². The molecule has 0 amide bonds. The summed E-state index contributed by atoms with van der Waals surface area (Å²) in [6.07, 6.45) is 0. The zero-order chi connectivity index (χ0) is 10.8. The van der Waals surface area contributed by atoms with E-state index in [9.17, 15) is 0 Å². The van der Waals surface area contributed by atoms with Crippen LogP contribution in [0.15, 0.2) is 42.5 Å². The molecule has 0 aliphatic heterocycles. The molecule has 0 unspecified atom stereocenters.